The van der Waals surface area contributed by atoms with Crippen molar-refractivity contribution in [1.82, 2.24) is 0 Å². The first kappa shape index (κ1) is 11.3. The molecule has 64 valence electrons. The lowest BCUT2D eigenvalue weighted by Crippen LogP contribution is -2.26. The van der Waals surface area contributed by atoms with Crippen LogP contribution in [0.5, 0.6) is 0 Å². The number of rotatable bonds is 2. The van der Waals surface area contributed by atoms with Crippen molar-refractivity contribution in [2.75, 3.05) is 0 Å². The summed E-state index contributed by atoms with van der Waals surface area (Å²) < 4.78 is 0. The average molecular weight is 192 g/mol. The fourth-order valence-electron chi connectivity index (χ4n) is 0.555. The van der Waals surface area contributed by atoms with Crippen molar-refractivity contribution in [3.05, 3.63) is 11.4 Å². The Morgan fingerprint density at radius 1 is 0.917 bits per heavy atom. The lowest BCUT2D eigenvalue weighted by Gasteiger charge is -2.12. The Labute approximate surface area is 78.1 Å². The number of hydrogen-bond donors (Lipinski definition) is 0. The van der Waals surface area contributed by atoms with Crippen molar-refractivity contribution >= 4 is 16.1 Å². The Kier molecular flexibility index (Phi) is 3.58. The van der Waals surface area contributed by atoms with E-state index in [-0.39, 0.29) is 0 Å². The van der Waals surface area contributed by atoms with Crippen molar-refractivity contribution in [3.63, 3.8) is 0 Å². The predicted molar refractivity (Wildman–Crippen MR) is 61.8 cm³/mol. The summed E-state index contributed by atoms with van der Waals surface area (Å²) in [5.74, 6) is 0. The van der Waals surface area contributed by atoms with Crippen LogP contribution in [0.4, 0.5) is 0 Å². The highest BCUT2D eigenvalue weighted by Gasteiger charge is 2.19. The van der Waals surface area contributed by atoms with E-state index in [1.165, 1.54) is 0 Å². The highest BCUT2D eigenvalue weighted by atomic mass is 28.3. The van der Waals surface area contributed by atoms with Gasteiger partial charge in [0.1, 0.15) is 0 Å². The van der Waals surface area contributed by atoms with Gasteiger partial charge in [-0.2, -0.15) is 0 Å². The van der Waals surface area contributed by atoms with Gasteiger partial charge in [-0.05, 0) is 6.55 Å². The highest BCUT2D eigenvalue weighted by Crippen LogP contribution is 2.07. The van der Waals surface area contributed by atoms with Crippen molar-refractivity contribution in [3.8, 4) is 23.9 Å². The van der Waals surface area contributed by atoms with Crippen LogP contribution in [-0.4, -0.2) is 16.1 Å². The van der Waals surface area contributed by atoms with Crippen LogP contribution >= 0.6 is 0 Å². The molecule has 0 aromatic heterocycles. The molecule has 0 N–H and O–H groups in total. The zero-order chi connectivity index (χ0) is 9.83. The van der Waals surface area contributed by atoms with E-state index in [1.807, 2.05) is 6.55 Å². The van der Waals surface area contributed by atoms with Crippen molar-refractivity contribution < 1.29 is 0 Å². The second-order valence-electron chi connectivity index (χ2n) is 4.19. The first-order chi connectivity index (χ1) is 5.33. The van der Waals surface area contributed by atoms with Gasteiger partial charge in [-0.1, -0.05) is 25.3 Å². The van der Waals surface area contributed by atoms with Gasteiger partial charge in [0, 0.05) is 0 Å². The van der Waals surface area contributed by atoms with Crippen molar-refractivity contribution in [1.29, 1.82) is 0 Å². The zero-order valence-electron chi connectivity index (χ0n) is 8.31. The molecule has 0 aliphatic heterocycles. The monoisotopic (exact) mass is 192 g/mol. The van der Waals surface area contributed by atoms with Crippen molar-refractivity contribution in [2.24, 2.45) is 0 Å². The third kappa shape index (κ3) is 4.23. The smallest absolute Gasteiger partial charge is 0.126 e. The summed E-state index contributed by atoms with van der Waals surface area (Å²) in [5, 5.41) is 0. The molecule has 2 heteroatoms. The third-order valence-corrected chi connectivity index (χ3v) is 5.05. The fraction of sp³-hybridized carbons (Fsp3) is 0.400. The molecular weight excluding hydrogens is 176 g/mol. The molecule has 0 saturated carbocycles. The van der Waals surface area contributed by atoms with Gasteiger partial charge in [-0.3, -0.25) is 0 Å². The molecule has 0 atom stereocenters. The van der Waals surface area contributed by atoms with Gasteiger partial charge >= 0.3 is 0 Å². The molecule has 0 saturated heterocycles. The highest BCUT2D eigenvalue weighted by molar-refractivity contribution is 6.98. The molecule has 0 aromatic carbocycles. The minimum Gasteiger partial charge on any atom is -0.126 e. The van der Waals surface area contributed by atoms with E-state index in [2.05, 4.69) is 42.1 Å². The van der Waals surface area contributed by atoms with Gasteiger partial charge in [0.05, 0.1) is 8.07 Å². The average Bonchev–Trinajstić information content (AvgIpc) is 1.99. The minimum absolute atomic E-state index is 1.14. The SMILES string of the molecule is C#C[Si](C)(C#C)/C=C/[Si](C)(C)C. The Hall–Kier alpha value is -0.706. The summed E-state index contributed by atoms with van der Waals surface area (Å²) in [6.45, 7) is 8.83. The number of terminal acetylenes is 2. The molecule has 0 unspecified atom stereocenters. The third-order valence-electron chi connectivity index (χ3n) is 1.52. The maximum Gasteiger partial charge on any atom is 0.234 e. The summed E-state index contributed by atoms with van der Waals surface area (Å²) in [7, 11) is -3.03. The van der Waals surface area contributed by atoms with E-state index >= 15 is 0 Å². The topological polar surface area (TPSA) is 0 Å². The molecule has 0 aliphatic rings. The van der Waals surface area contributed by atoms with E-state index in [9.17, 15) is 0 Å². The molecule has 0 bridgehead atoms. The first-order valence-corrected chi connectivity index (χ1v) is 10.1. The van der Waals surface area contributed by atoms with Gasteiger partial charge in [-0.15, -0.1) is 29.6 Å². The van der Waals surface area contributed by atoms with Crippen LogP contribution in [0, 0.1) is 23.9 Å². The van der Waals surface area contributed by atoms with E-state index in [1.54, 1.807) is 0 Å². The number of hydrogen-bond acceptors (Lipinski definition) is 0. The van der Waals surface area contributed by atoms with Crippen LogP contribution in [0.1, 0.15) is 0 Å². The van der Waals surface area contributed by atoms with E-state index < -0.39 is 16.1 Å². The maximum atomic E-state index is 5.38. The first-order valence-electron chi connectivity index (χ1n) is 3.99. The molecule has 0 heterocycles. The van der Waals surface area contributed by atoms with Gasteiger partial charge < -0.3 is 0 Å². The summed E-state index contributed by atoms with van der Waals surface area (Å²) in [6, 6.07) is 0. The fourth-order valence-corrected chi connectivity index (χ4v) is 4.16. The minimum atomic E-state index is -1.90. The quantitative estimate of drug-likeness (QED) is 0.465. The summed E-state index contributed by atoms with van der Waals surface area (Å²) in [6.07, 6.45) is 10.8. The molecule has 0 rings (SSSR count). The van der Waals surface area contributed by atoms with Crippen LogP contribution in [0.15, 0.2) is 11.4 Å². The van der Waals surface area contributed by atoms with E-state index in [0.717, 1.165) is 0 Å². The maximum absolute atomic E-state index is 5.38. The van der Waals surface area contributed by atoms with Crippen LogP contribution < -0.4 is 0 Å². The van der Waals surface area contributed by atoms with E-state index in [4.69, 9.17) is 12.8 Å². The second kappa shape index (κ2) is 3.80. The molecule has 12 heavy (non-hydrogen) atoms. The Morgan fingerprint density at radius 2 is 1.33 bits per heavy atom. The molecule has 0 amide bonds. The normalized spacial score (nSPS) is 12.5. The van der Waals surface area contributed by atoms with Crippen LogP contribution in [0.25, 0.3) is 0 Å². The lowest BCUT2D eigenvalue weighted by atomic mass is 11.2. The summed E-state index contributed by atoms with van der Waals surface area (Å²) in [5.41, 5.74) is 9.84. The molecule has 0 aromatic rings. The summed E-state index contributed by atoms with van der Waals surface area (Å²) >= 11 is 0. The Morgan fingerprint density at radius 3 is 1.58 bits per heavy atom. The molecule has 0 aliphatic carbocycles. The largest absolute Gasteiger partial charge is 0.234 e. The molecule has 0 fully saturated rings. The summed E-state index contributed by atoms with van der Waals surface area (Å²) in [4.78, 5) is 0. The van der Waals surface area contributed by atoms with Crippen LogP contribution in [-0.2, 0) is 0 Å². The van der Waals surface area contributed by atoms with Crippen molar-refractivity contribution in [2.45, 2.75) is 26.2 Å². The Bertz CT molecular complexity index is 241. The van der Waals surface area contributed by atoms with Crippen LogP contribution in [0.3, 0.4) is 0 Å². The second-order valence-corrected chi connectivity index (χ2v) is 12.6. The predicted octanol–water partition coefficient (Wildman–Crippen LogP) is 2.38. The molecule has 0 radical (unpaired) electrons. The van der Waals surface area contributed by atoms with Gasteiger partial charge in [-0.25, -0.2) is 0 Å². The molecule has 0 nitrogen and oxygen atoms in total. The van der Waals surface area contributed by atoms with Gasteiger partial charge in [0.15, 0.2) is 0 Å². The standard InChI is InChI=1S/C10H16Si2/c1-7-12(6,8-2)10-9-11(3,4)5/h1-2,9-10H,3-6H3/b10-9+. The zero-order valence-corrected chi connectivity index (χ0v) is 10.3. The molecular formula is C10H16Si2. The van der Waals surface area contributed by atoms with Gasteiger partial charge in [0.2, 0.25) is 8.07 Å². The Balaban J connectivity index is 4.59. The van der Waals surface area contributed by atoms with E-state index in [0.29, 0.717) is 0 Å². The molecule has 0 spiro atoms. The van der Waals surface area contributed by atoms with Crippen LogP contribution in [0.2, 0.25) is 26.2 Å². The lowest BCUT2D eigenvalue weighted by molar-refractivity contribution is 1.77. The van der Waals surface area contributed by atoms with Gasteiger partial charge in [0.25, 0.3) is 0 Å².